The molecule has 0 bridgehead atoms. The molecule has 0 aliphatic heterocycles. The van der Waals surface area contributed by atoms with E-state index in [2.05, 4.69) is 22.9 Å². The first kappa shape index (κ1) is 14.2. The molecule has 1 unspecified atom stereocenters. The van der Waals surface area contributed by atoms with Crippen molar-refractivity contribution in [3.05, 3.63) is 0 Å². The lowest BCUT2D eigenvalue weighted by Gasteiger charge is -1.93. The second kappa shape index (κ2) is 10.6. The van der Waals surface area contributed by atoms with Gasteiger partial charge in [-0.05, 0) is 26.3 Å². The van der Waals surface area contributed by atoms with E-state index in [1.807, 2.05) is 6.92 Å². The van der Waals surface area contributed by atoms with Crippen molar-refractivity contribution in [3.63, 3.8) is 0 Å². The third kappa shape index (κ3) is 9.63. The van der Waals surface area contributed by atoms with Gasteiger partial charge in [0.05, 0.1) is 18.6 Å². The second-order valence-corrected chi connectivity index (χ2v) is 2.51. The van der Waals surface area contributed by atoms with Crippen LogP contribution in [0.5, 0.6) is 0 Å². The van der Waals surface area contributed by atoms with E-state index < -0.39 is 0 Å². The highest BCUT2D eigenvalue weighted by atomic mass is 35.5. The number of hydrogen-bond acceptors (Lipinski definition) is 3. The summed E-state index contributed by atoms with van der Waals surface area (Å²) < 4.78 is 0. The molecule has 0 amide bonds. The quantitative estimate of drug-likeness (QED) is 0.522. The number of nitrogens with zero attached hydrogens (tertiary/aromatic N) is 2. The molecule has 0 aromatic heterocycles. The lowest BCUT2D eigenvalue weighted by molar-refractivity contribution is 0.719. The lowest BCUT2D eigenvalue weighted by Crippen LogP contribution is -1.99. The highest BCUT2D eigenvalue weighted by Gasteiger charge is 1.88. The molecule has 0 aromatic carbocycles. The van der Waals surface area contributed by atoms with Crippen molar-refractivity contribution in [3.8, 4) is 0 Å². The highest BCUT2D eigenvalue weighted by Crippen LogP contribution is 1.91. The van der Waals surface area contributed by atoms with Crippen LogP contribution in [-0.2, 0) is 0 Å². The van der Waals surface area contributed by atoms with E-state index in [4.69, 9.17) is 5.73 Å². The predicted octanol–water partition coefficient (Wildman–Crippen LogP) is 1.73. The number of halogens is 1. The van der Waals surface area contributed by atoms with Gasteiger partial charge in [0.15, 0.2) is 0 Å². The first-order valence-electron chi connectivity index (χ1n) is 4.12. The lowest BCUT2D eigenvalue weighted by atomic mass is 10.3. The van der Waals surface area contributed by atoms with Gasteiger partial charge in [0.2, 0.25) is 0 Å². The average Bonchev–Trinajstić information content (AvgIpc) is 2.04. The van der Waals surface area contributed by atoms with Gasteiger partial charge in [-0.15, -0.1) is 12.4 Å². The molecule has 0 aliphatic carbocycles. The van der Waals surface area contributed by atoms with Crippen LogP contribution in [0.3, 0.4) is 0 Å². The Balaban J connectivity index is 0. The van der Waals surface area contributed by atoms with E-state index in [1.54, 1.807) is 0 Å². The maximum absolute atomic E-state index is 5.28. The van der Waals surface area contributed by atoms with Crippen molar-refractivity contribution >= 4 is 18.4 Å². The Morgan fingerprint density at radius 1 is 1.50 bits per heavy atom. The minimum atomic E-state index is 0. The molecule has 0 aliphatic rings. The van der Waals surface area contributed by atoms with E-state index in [0.29, 0.717) is 12.6 Å². The molecule has 72 valence electrons. The third-order valence-electron chi connectivity index (χ3n) is 1.41. The van der Waals surface area contributed by atoms with Gasteiger partial charge in [-0.1, -0.05) is 6.92 Å². The molecule has 0 fully saturated rings. The van der Waals surface area contributed by atoms with Crippen LogP contribution in [0.2, 0.25) is 0 Å². The summed E-state index contributed by atoms with van der Waals surface area (Å²) >= 11 is 0. The Labute approximate surface area is 80.6 Å². The smallest absolute Gasteiger partial charge is 0.0895 e. The fraction of sp³-hybridized carbons (Fsp3) is 0.875. The number of hydrogen-bond donors (Lipinski definition) is 1. The van der Waals surface area contributed by atoms with Crippen LogP contribution >= 0.6 is 12.4 Å². The Bertz CT molecular complexity index is 141. The first-order chi connectivity index (χ1) is 5.31. The van der Waals surface area contributed by atoms with E-state index in [-0.39, 0.29) is 12.4 Å². The Morgan fingerprint density at radius 2 is 2.17 bits per heavy atom. The van der Waals surface area contributed by atoms with Crippen molar-refractivity contribution in [2.24, 2.45) is 15.7 Å². The van der Waals surface area contributed by atoms with Gasteiger partial charge in [0, 0.05) is 0 Å². The summed E-state index contributed by atoms with van der Waals surface area (Å²) in [5.41, 5.74) is 5.28. The number of nitrogens with two attached hydrogens (primary N) is 1. The van der Waals surface area contributed by atoms with E-state index in [9.17, 15) is 0 Å². The molecule has 0 spiro atoms. The summed E-state index contributed by atoms with van der Waals surface area (Å²) in [6.45, 7) is 5.58. The zero-order valence-corrected chi connectivity index (χ0v) is 8.60. The minimum absolute atomic E-state index is 0. The van der Waals surface area contributed by atoms with Crippen molar-refractivity contribution in [1.82, 2.24) is 0 Å². The summed E-state index contributed by atoms with van der Waals surface area (Å²) in [5, 5.41) is 0. The Hall–Kier alpha value is -0.370. The van der Waals surface area contributed by atoms with Crippen LogP contribution in [0.4, 0.5) is 0 Å². The standard InChI is InChI=1S/C8H17N3.ClH/c1-3-8(2)11-7-10-6-4-5-9;/h8H,3-6,9H2,1-2H3;1H. The molecular weight excluding hydrogens is 174 g/mol. The van der Waals surface area contributed by atoms with Crippen LogP contribution in [-0.4, -0.2) is 25.1 Å². The molecule has 0 saturated carbocycles. The molecule has 0 aromatic rings. The molecule has 12 heavy (non-hydrogen) atoms. The van der Waals surface area contributed by atoms with Gasteiger partial charge in [-0.2, -0.15) is 0 Å². The molecule has 0 rings (SSSR count). The monoisotopic (exact) mass is 191 g/mol. The van der Waals surface area contributed by atoms with Crippen LogP contribution < -0.4 is 5.73 Å². The number of aliphatic imine (C=N–C) groups is 2. The summed E-state index contributed by atoms with van der Waals surface area (Å²) in [6, 6.07) is 3.01. The van der Waals surface area contributed by atoms with Crippen LogP contribution in [0.15, 0.2) is 9.98 Å². The fourth-order valence-corrected chi connectivity index (χ4v) is 0.451. The summed E-state index contributed by atoms with van der Waals surface area (Å²) in [7, 11) is 0. The van der Waals surface area contributed by atoms with E-state index in [1.165, 1.54) is 0 Å². The normalized spacial score (nSPS) is 10.9. The molecular formula is C8H18ClN3. The minimum Gasteiger partial charge on any atom is -0.330 e. The summed E-state index contributed by atoms with van der Waals surface area (Å²) in [6.07, 6.45) is 1.96. The predicted molar refractivity (Wildman–Crippen MR) is 55.4 cm³/mol. The largest absolute Gasteiger partial charge is 0.330 e. The first-order valence-corrected chi connectivity index (χ1v) is 4.12. The van der Waals surface area contributed by atoms with Crippen molar-refractivity contribution < 1.29 is 0 Å². The van der Waals surface area contributed by atoms with Crippen LogP contribution in [0.25, 0.3) is 0 Å². The SMILES string of the molecule is CCC(C)N=C=NCCCN.Cl. The second-order valence-electron chi connectivity index (χ2n) is 2.51. The summed E-state index contributed by atoms with van der Waals surface area (Å²) in [4.78, 5) is 8.01. The van der Waals surface area contributed by atoms with Crippen molar-refractivity contribution in [2.75, 3.05) is 13.1 Å². The van der Waals surface area contributed by atoms with Gasteiger partial charge in [-0.25, -0.2) is 9.98 Å². The average molecular weight is 192 g/mol. The molecule has 3 nitrogen and oxygen atoms in total. The van der Waals surface area contributed by atoms with Gasteiger partial charge >= 0.3 is 0 Å². The maximum Gasteiger partial charge on any atom is 0.0895 e. The molecule has 4 heteroatoms. The van der Waals surface area contributed by atoms with Crippen molar-refractivity contribution in [1.29, 1.82) is 0 Å². The number of rotatable bonds is 5. The van der Waals surface area contributed by atoms with Crippen LogP contribution in [0, 0.1) is 0 Å². The van der Waals surface area contributed by atoms with Gasteiger partial charge in [-0.3, -0.25) is 0 Å². The van der Waals surface area contributed by atoms with E-state index in [0.717, 1.165) is 19.4 Å². The van der Waals surface area contributed by atoms with E-state index >= 15 is 0 Å². The molecule has 0 heterocycles. The molecule has 1 atom stereocenters. The zero-order valence-electron chi connectivity index (χ0n) is 7.79. The molecule has 2 N–H and O–H groups in total. The Kier molecular flexibility index (Phi) is 12.6. The summed E-state index contributed by atoms with van der Waals surface area (Å²) in [5.74, 6) is 0. The molecule has 0 radical (unpaired) electrons. The van der Waals surface area contributed by atoms with Gasteiger partial charge < -0.3 is 5.73 Å². The van der Waals surface area contributed by atoms with Gasteiger partial charge in [0.1, 0.15) is 0 Å². The Morgan fingerprint density at radius 3 is 2.67 bits per heavy atom. The fourth-order valence-electron chi connectivity index (χ4n) is 0.451. The third-order valence-corrected chi connectivity index (χ3v) is 1.41. The zero-order chi connectivity index (χ0) is 8.53. The van der Waals surface area contributed by atoms with Crippen molar-refractivity contribution in [2.45, 2.75) is 32.7 Å². The topological polar surface area (TPSA) is 50.7 Å². The molecule has 0 saturated heterocycles. The van der Waals surface area contributed by atoms with Gasteiger partial charge in [0.25, 0.3) is 0 Å². The highest BCUT2D eigenvalue weighted by molar-refractivity contribution is 5.85. The van der Waals surface area contributed by atoms with Crippen LogP contribution in [0.1, 0.15) is 26.7 Å². The maximum atomic E-state index is 5.28.